The van der Waals surface area contributed by atoms with Gasteiger partial charge in [-0.05, 0) is 18.6 Å². The van der Waals surface area contributed by atoms with Crippen molar-refractivity contribution in [1.29, 1.82) is 0 Å². The summed E-state index contributed by atoms with van der Waals surface area (Å²) < 4.78 is 14.9. The van der Waals surface area contributed by atoms with Crippen LogP contribution in [0.3, 0.4) is 0 Å². The highest BCUT2D eigenvalue weighted by Crippen LogP contribution is 2.22. The van der Waals surface area contributed by atoms with Crippen LogP contribution in [-0.2, 0) is 16.6 Å². The van der Waals surface area contributed by atoms with Gasteiger partial charge in [-0.1, -0.05) is 0 Å². The van der Waals surface area contributed by atoms with E-state index in [1.807, 2.05) is 0 Å². The maximum absolute atomic E-state index is 13.2. The smallest absolute Gasteiger partial charge is 0.230 e. The number of piperidine rings is 1. The molecule has 2 amide bonds. The summed E-state index contributed by atoms with van der Waals surface area (Å²) in [6, 6.07) is 4.29. The number of carbonyl (C=O) groups excluding carboxylic acids is 2. The average Bonchev–Trinajstić information content (AvgIpc) is 2.77. The number of amides is 2. The van der Waals surface area contributed by atoms with E-state index in [4.69, 9.17) is 0 Å². The Labute approximate surface area is 126 Å². The van der Waals surface area contributed by atoms with Gasteiger partial charge in [0.15, 0.2) is 0 Å². The first-order valence-corrected chi connectivity index (χ1v) is 7.12. The van der Waals surface area contributed by atoms with Crippen molar-refractivity contribution in [3.8, 4) is 0 Å². The molecule has 1 unspecified atom stereocenters. The Balaban J connectivity index is 1.79. The second kappa shape index (κ2) is 5.40. The third-order valence-electron chi connectivity index (χ3n) is 4.11. The lowest BCUT2D eigenvalue weighted by atomic mass is 9.96. The fourth-order valence-electron chi connectivity index (χ4n) is 2.66. The van der Waals surface area contributed by atoms with Gasteiger partial charge in [0.25, 0.3) is 0 Å². The Morgan fingerprint density at radius 1 is 1.41 bits per heavy atom. The van der Waals surface area contributed by atoms with E-state index in [0.29, 0.717) is 24.4 Å². The number of aromatic nitrogens is 2. The van der Waals surface area contributed by atoms with E-state index in [9.17, 15) is 14.0 Å². The normalized spacial score (nSPS) is 18.8. The highest BCUT2D eigenvalue weighted by Gasteiger charge is 2.29. The van der Waals surface area contributed by atoms with E-state index >= 15 is 0 Å². The van der Waals surface area contributed by atoms with Crippen LogP contribution in [0.2, 0.25) is 0 Å². The number of likely N-dealkylation sites (tertiary alicyclic amines) is 1. The number of rotatable bonds is 2. The second-order valence-corrected chi connectivity index (χ2v) is 5.62. The standard InChI is InChI=1S/C15H17FN4O2/c1-19-6-5-9(7-13(19)21)14(22)18-15-17-11-8-10(16)3-4-12(11)20(15)2/h3-4,8-9H,5-7H2,1-2H3,(H,17,18,22). The summed E-state index contributed by atoms with van der Waals surface area (Å²) >= 11 is 0. The lowest BCUT2D eigenvalue weighted by Gasteiger charge is -2.27. The SMILES string of the molecule is CN1CCC(C(=O)Nc2nc3cc(F)ccc3n2C)CC1=O. The van der Waals surface area contributed by atoms with Gasteiger partial charge in [-0.25, -0.2) is 9.37 Å². The molecule has 0 bridgehead atoms. The molecule has 1 fully saturated rings. The molecule has 1 aromatic heterocycles. The van der Waals surface area contributed by atoms with Crippen LogP contribution in [0.25, 0.3) is 11.0 Å². The topological polar surface area (TPSA) is 67.2 Å². The summed E-state index contributed by atoms with van der Waals surface area (Å²) in [5.74, 6) is -0.611. The van der Waals surface area contributed by atoms with Gasteiger partial charge in [-0.2, -0.15) is 0 Å². The van der Waals surface area contributed by atoms with Gasteiger partial charge in [-0.3, -0.25) is 14.9 Å². The lowest BCUT2D eigenvalue weighted by Crippen LogP contribution is -2.40. The van der Waals surface area contributed by atoms with Gasteiger partial charge in [0.1, 0.15) is 5.82 Å². The van der Waals surface area contributed by atoms with Crippen molar-refractivity contribution in [3.05, 3.63) is 24.0 Å². The van der Waals surface area contributed by atoms with Crippen LogP contribution in [0, 0.1) is 11.7 Å². The summed E-state index contributed by atoms with van der Waals surface area (Å²) in [4.78, 5) is 29.9. The minimum absolute atomic E-state index is 0.0292. The molecular formula is C15H17FN4O2. The molecule has 2 heterocycles. The number of benzene rings is 1. The van der Waals surface area contributed by atoms with E-state index in [1.54, 1.807) is 29.6 Å². The van der Waals surface area contributed by atoms with Crippen molar-refractivity contribution >= 4 is 28.8 Å². The first-order chi connectivity index (χ1) is 10.5. The van der Waals surface area contributed by atoms with Gasteiger partial charge in [-0.15, -0.1) is 0 Å². The first kappa shape index (κ1) is 14.5. The molecule has 1 atom stereocenters. The number of nitrogens with one attached hydrogen (secondary N) is 1. The van der Waals surface area contributed by atoms with Crippen molar-refractivity contribution in [2.24, 2.45) is 13.0 Å². The molecule has 3 rings (SSSR count). The van der Waals surface area contributed by atoms with Gasteiger partial charge in [0, 0.05) is 39.0 Å². The van der Waals surface area contributed by atoms with Crippen LogP contribution in [0.1, 0.15) is 12.8 Å². The Morgan fingerprint density at radius 3 is 2.91 bits per heavy atom. The molecule has 22 heavy (non-hydrogen) atoms. The third kappa shape index (κ3) is 2.54. The number of hydrogen-bond donors (Lipinski definition) is 1. The molecule has 1 N–H and O–H groups in total. The Morgan fingerprint density at radius 2 is 2.18 bits per heavy atom. The van der Waals surface area contributed by atoms with Crippen LogP contribution in [-0.4, -0.2) is 39.9 Å². The molecule has 1 aliphatic heterocycles. The number of aryl methyl sites for hydroxylation is 1. The van der Waals surface area contributed by atoms with E-state index < -0.39 is 0 Å². The highest BCUT2D eigenvalue weighted by molar-refractivity contribution is 5.96. The minimum Gasteiger partial charge on any atom is -0.346 e. The molecule has 0 saturated carbocycles. The molecule has 0 spiro atoms. The summed E-state index contributed by atoms with van der Waals surface area (Å²) in [7, 11) is 3.49. The van der Waals surface area contributed by atoms with E-state index in [0.717, 1.165) is 5.52 Å². The number of carbonyl (C=O) groups is 2. The fraction of sp³-hybridized carbons (Fsp3) is 0.400. The monoisotopic (exact) mass is 304 g/mol. The zero-order valence-corrected chi connectivity index (χ0v) is 12.5. The molecule has 0 radical (unpaired) electrons. The van der Waals surface area contributed by atoms with Crippen LogP contribution >= 0.6 is 0 Å². The van der Waals surface area contributed by atoms with Crippen molar-refractivity contribution in [2.75, 3.05) is 18.9 Å². The van der Waals surface area contributed by atoms with Crippen LogP contribution < -0.4 is 5.32 Å². The molecule has 116 valence electrons. The lowest BCUT2D eigenvalue weighted by molar-refractivity contribution is -0.137. The van der Waals surface area contributed by atoms with Crippen LogP contribution in [0.15, 0.2) is 18.2 Å². The summed E-state index contributed by atoms with van der Waals surface area (Å²) in [5, 5.41) is 2.74. The number of hydrogen-bond acceptors (Lipinski definition) is 3. The van der Waals surface area contributed by atoms with Gasteiger partial charge < -0.3 is 9.47 Å². The molecule has 1 aliphatic rings. The maximum atomic E-state index is 13.2. The third-order valence-corrected chi connectivity index (χ3v) is 4.11. The predicted molar refractivity (Wildman–Crippen MR) is 79.7 cm³/mol. The Hall–Kier alpha value is -2.44. The minimum atomic E-state index is -0.371. The van der Waals surface area contributed by atoms with Gasteiger partial charge in [0.05, 0.1) is 11.0 Å². The average molecular weight is 304 g/mol. The van der Waals surface area contributed by atoms with Crippen molar-refractivity contribution in [2.45, 2.75) is 12.8 Å². The van der Waals surface area contributed by atoms with E-state index in [2.05, 4.69) is 10.3 Å². The number of halogens is 1. The fourth-order valence-corrected chi connectivity index (χ4v) is 2.66. The molecule has 7 heteroatoms. The molecule has 1 saturated heterocycles. The van der Waals surface area contributed by atoms with Crippen LogP contribution in [0.5, 0.6) is 0 Å². The molecule has 1 aromatic carbocycles. The Kier molecular flexibility index (Phi) is 3.56. The molecule has 6 nitrogen and oxygen atoms in total. The molecular weight excluding hydrogens is 287 g/mol. The zero-order chi connectivity index (χ0) is 15.9. The number of fused-ring (bicyclic) bond motifs is 1. The quantitative estimate of drug-likeness (QED) is 0.914. The zero-order valence-electron chi connectivity index (χ0n) is 12.5. The van der Waals surface area contributed by atoms with E-state index in [1.165, 1.54) is 12.1 Å². The second-order valence-electron chi connectivity index (χ2n) is 5.62. The van der Waals surface area contributed by atoms with Crippen molar-refractivity contribution in [1.82, 2.24) is 14.5 Å². The van der Waals surface area contributed by atoms with Gasteiger partial charge in [0.2, 0.25) is 17.8 Å². The largest absolute Gasteiger partial charge is 0.346 e. The summed E-state index contributed by atoms with van der Waals surface area (Å²) in [6.07, 6.45) is 0.841. The number of imidazole rings is 1. The molecule has 2 aromatic rings. The van der Waals surface area contributed by atoms with Crippen molar-refractivity contribution < 1.29 is 14.0 Å². The maximum Gasteiger partial charge on any atom is 0.230 e. The van der Waals surface area contributed by atoms with Crippen molar-refractivity contribution in [3.63, 3.8) is 0 Å². The highest BCUT2D eigenvalue weighted by atomic mass is 19.1. The van der Waals surface area contributed by atoms with E-state index in [-0.39, 0.29) is 30.0 Å². The molecule has 0 aliphatic carbocycles. The van der Waals surface area contributed by atoms with Gasteiger partial charge >= 0.3 is 0 Å². The first-order valence-electron chi connectivity index (χ1n) is 7.12. The predicted octanol–water partition coefficient (Wildman–Crippen LogP) is 1.52. The van der Waals surface area contributed by atoms with Crippen LogP contribution in [0.4, 0.5) is 10.3 Å². The summed E-state index contributed by atoms with van der Waals surface area (Å²) in [5.41, 5.74) is 1.22. The Bertz CT molecular complexity index is 755. The summed E-state index contributed by atoms with van der Waals surface area (Å²) in [6.45, 7) is 0.574. The number of nitrogens with zero attached hydrogens (tertiary/aromatic N) is 3. The number of anilines is 1.